The normalized spacial score (nSPS) is 41.5. The Morgan fingerprint density at radius 3 is 1.52 bits per heavy atom. The maximum Gasteiger partial charge on any atom is 0.00451 e. The lowest BCUT2D eigenvalue weighted by molar-refractivity contribution is 0.242. The number of thioether (sulfide) groups is 1. The van der Waals surface area contributed by atoms with Gasteiger partial charge in [0.2, 0.25) is 0 Å². The van der Waals surface area contributed by atoms with E-state index in [-0.39, 0.29) is 0 Å². The van der Waals surface area contributed by atoms with Gasteiger partial charge in [0.25, 0.3) is 0 Å². The first-order chi connectivity index (χ1) is 10.9. The Morgan fingerprint density at radius 1 is 0.783 bits per heavy atom. The standard InChI is InChI=1S/C20H38S3/c1-13-5-7-17(9-19(13)21)15(3)11-23-12-16(4)18-8-6-14(2)20(22)10-18/h13-22H,5-12H2,1-4H3. The highest BCUT2D eigenvalue weighted by atomic mass is 32.2. The molecule has 2 rings (SSSR count). The summed E-state index contributed by atoms with van der Waals surface area (Å²) in [5, 5.41) is 1.27. The van der Waals surface area contributed by atoms with Gasteiger partial charge in [-0.25, -0.2) is 0 Å². The summed E-state index contributed by atoms with van der Waals surface area (Å²) in [4.78, 5) is 0. The largest absolute Gasteiger partial charge is 0.176 e. The fraction of sp³-hybridized carbons (Fsp3) is 1.00. The van der Waals surface area contributed by atoms with E-state index in [0.29, 0.717) is 10.5 Å². The van der Waals surface area contributed by atoms with Crippen LogP contribution in [0.1, 0.15) is 66.2 Å². The van der Waals surface area contributed by atoms with Crippen molar-refractivity contribution in [2.24, 2.45) is 35.5 Å². The van der Waals surface area contributed by atoms with Gasteiger partial charge in [-0.2, -0.15) is 37.0 Å². The average molecular weight is 375 g/mol. The summed E-state index contributed by atoms with van der Waals surface area (Å²) in [5.74, 6) is 7.86. The van der Waals surface area contributed by atoms with Crippen molar-refractivity contribution in [1.82, 2.24) is 0 Å². The van der Waals surface area contributed by atoms with Crippen molar-refractivity contribution in [3.63, 3.8) is 0 Å². The van der Waals surface area contributed by atoms with Crippen LogP contribution >= 0.6 is 37.0 Å². The summed E-state index contributed by atoms with van der Waals surface area (Å²) >= 11 is 11.8. The van der Waals surface area contributed by atoms with Crippen molar-refractivity contribution in [1.29, 1.82) is 0 Å². The molecule has 0 aromatic heterocycles. The minimum absolute atomic E-state index is 0.636. The second-order valence-electron chi connectivity index (χ2n) is 8.73. The molecule has 0 aromatic rings. The smallest absolute Gasteiger partial charge is 0.00451 e. The summed E-state index contributed by atoms with van der Waals surface area (Å²) < 4.78 is 0. The average Bonchev–Trinajstić information content (AvgIpc) is 2.52. The number of hydrogen-bond donors (Lipinski definition) is 2. The van der Waals surface area contributed by atoms with Gasteiger partial charge in [-0.3, -0.25) is 0 Å². The zero-order chi connectivity index (χ0) is 17.0. The van der Waals surface area contributed by atoms with Crippen LogP contribution in [0.25, 0.3) is 0 Å². The minimum Gasteiger partial charge on any atom is -0.176 e. The number of hydrogen-bond acceptors (Lipinski definition) is 3. The monoisotopic (exact) mass is 374 g/mol. The number of rotatable bonds is 6. The Morgan fingerprint density at radius 2 is 1.17 bits per heavy atom. The van der Waals surface area contributed by atoms with E-state index in [0.717, 1.165) is 35.5 Å². The second kappa shape index (κ2) is 9.67. The first kappa shape index (κ1) is 20.4. The second-order valence-corrected chi connectivity index (χ2v) is 11.1. The summed E-state index contributed by atoms with van der Waals surface area (Å²) in [6.45, 7) is 9.69. The first-order valence-electron chi connectivity index (χ1n) is 9.82. The van der Waals surface area contributed by atoms with Crippen molar-refractivity contribution >= 4 is 37.0 Å². The number of thiol groups is 2. The predicted molar refractivity (Wildman–Crippen MR) is 114 cm³/mol. The van der Waals surface area contributed by atoms with E-state index >= 15 is 0 Å². The predicted octanol–water partition coefficient (Wildman–Crippen LogP) is 6.46. The molecule has 0 nitrogen and oxygen atoms in total. The molecule has 8 unspecified atom stereocenters. The van der Waals surface area contributed by atoms with Crippen LogP contribution in [0.3, 0.4) is 0 Å². The van der Waals surface area contributed by atoms with E-state index in [9.17, 15) is 0 Å². The molecule has 0 spiro atoms. The first-order valence-corrected chi connectivity index (χ1v) is 12.0. The van der Waals surface area contributed by atoms with Crippen LogP contribution in [0, 0.1) is 35.5 Å². The molecule has 0 radical (unpaired) electrons. The van der Waals surface area contributed by atoms with Crippen LogP contribution in [0.4, 0.5) is 0 Å². The highest BCUT2D eigenvalue weighted by molar-refractivity contribution is 7.99. The Labute approximate surface area is 160 Å². The maximum atomic E-state index is 4.80. The molecule has 0 amide bonds. The molecular formula is C20H38S3. The van der Waals surface area contributed by atoms with Crippen LogP contribution in [-0.2, 0) is 0 Å². The van der Waals surface area contributed by atoms with Gasteiger partial charge in [-0.05, 0) is 85.5 Å². The maximum absolute atomic E-state index is 4.80. The van der Waals surface area contributed by atoms with Crippen LogP contribution in [0.15, 0.2) is 0 Å². The summed E-state index contributed by atoms with van der Waals surface area (Å²) in [7, 11) is 0. The van der Waals surface area contributed by atoms with Crippen molar-refractivity contribution in [3.8, 4) is 0 Å². The zero-order valence-electron chi connectivity index (χ0n) is 15.6. The van der Waals surface area contributed by atoms with E-state index < -0.39 is 0 Å². The molecule has 0 aliphatic heterocycles. The molecule has 2 saturated carbocycles. The Hall–Kier alpha value is 1.05. The lowest BCUT2D eigenvalue weighted by Crippen LogP contribution is -2.29. The van der Waals surface area contributed by atoms with Crippen LogP contribution in [0.5, 0.6) is 0 Å². The summed E-state index contributed by atoms with van der Waals surface area (Å²) in [6, 6.07) is 0. The van der Waals surface area contributed by atoms with E-state index in [1.807, 2.05) is 0 Å². The van der Waals surface area contributed by atoms with Crippen LogP contribution < -0.4 is 0 Å². The van der Waals surface area contributed by atoms with Crippen LogP contribution in [-0.4, -0.2) is 22.0 Å². The van der Waals surface area contributed by atoms with Gasteiger partial charge >= 0.3 is 0 Å². The molecule has 23 heavy (non-hydrogen) atoms. The topological polar surface area (TPSA) is 0 Å². The lowest BCUT2D eigenvalue weighted by atomic mass is 9.77. The van der Waals surface area contributed by atoms with Crippen molar-refractivity contribution in [2.45, 2.75) is 76.7 Å². The van der Waals surface area contributed by atoms with Gasteiger partial charge in [0.15, 0.2) is 0 Å². The van der Waals surface area contributed by atoms with Gasteiger partial charge in [-0.15, -0.1) is 0 Å². The molecule has 0 saturated heterocycles. The van der Waals surface area contributed by atoms with E-state index in [4.69, 9.17) is 25.3 Å². The van der Waals surface area contributed by atoms with E-state index in [2.05, 4.69) is 39.5 Å². The molecule has 8 atom stereocenters. The fourth-order valence-electron chi connectivity index (χ4n) is 4.41. The summed E-state index contributed by atoms with van der Waals surface area (Å²) in [6.07, 6.45) is 8.29. The molecule has 3 heteroatoms. The molecule has 2 aliphatic carbocycles. The molecule has 136 valence electrons. The molecule has 0 bridgehead atoms. The molecule has 0 N–H and O–H groups in total. The third-order valence-corrected chi connectivity index (χ3v) is 9.72. The highest BCUT2D eigenvalue weighted by Crippen LogP contribution is 2.39. The van der Waals surface area contributed by atoms with Crippen LogP contribution in [0.2, 0.25) is 0 Å². The van der Waals surface area contributed by atoms with E-state index in [1.54, 1.807) is 0 Å². The van der Waals surface area contributed by atoms with Gasteiger partial charge in [0, 0.05) is 10.5 Å². The van der Waals surface area contributed by atoms with Gasteiger partial charge in [-0.1, -0.05) is 27.7 Å². The lowest BCUT2D eigenvalue weighted by Gasteiger charge is -2.36. The van der Waals surface area contributed by atoms with E-state index in [1.165, 1.54) is 50.0 Å². The minimum atomic E-state index is 0.636. The molecule has 2 aliphatic rings. The molecule has 2 fully saturated rings. The van der Waals surface area contributed by atoms with Gasteiger partial charge in [0.1, 0.15) is 0 Å². The van der Waals surface area contributed by atoms with Crippen molar-refractivity contribution < 1.29 is 0 Å². The van der Waals surface area contributed by atoms with Gasteiger partial charge < -0.3 is 0 Å². The highest BCUT2D eigenvalue weighted by Gasteiger charge is 2.30. The molecule has 0 aromatic carbocycles. The SMILES string of the molecule is CC1CCC(C(C)CSCC(C)C2CCC(C)C(S)C2)CC1S. The Kier molecular flexibility index (Phi) is 8.56. The Bertz CT molecular complexity index is 314. The fourth-order valence-corrected chi connectivity index (χ4v) is 6.67. The molecular weight excluding hydrogens is 336 g/mol. The quantitative estimate of drug-likeness (QED) is 0.503. The Balaban J connectivity index is 1.66. The van der Waals surface area contributed by atoms with Gasteiger partial charge in [0.05, 0.1) is 0 Å². The third kappa shape index (κ3) is 6.06. The third-order valence-electron chi connectivity index (χ3n) is 6.76. The van der Waals surface area contributed by atoms with Crippen molar-refractivity contribution in [2.75, 3.05) is 11.5 Å². The van der Waals surface area contributed by atoms with Crippen molar-refractivity contribution in [3.05, 3.63) is 0 Å². The summed E-state index contributed by atoms with van der Waals surface area (Å²) in [5.41, 5.74) is 0. The zero-order valence-corrected chi connectivity index (χ0v) is 18.2. The molecule has 0 heterocycles.